The number of alkyl halides is 2. The maximum atomic E-state index is 13.1. The Bertz CT molecular complexity index is 1370. The van der Waals surface area contributed by atoms with E-state index in [9.17, 15) is 31.5 Å². The van der Waals surface area contributed by atoms with E-state index in [0.717, 1.165) is 18.4 Å². The Hall–Kier alpha value is -3.11. The summed E-state index contributed by atoms with van der Waals surface area (Å²) < 4.78 is 69.7. The van der Waals surface area contributed by atoms with Gasteiger partial charge < -0.3 is 14.7 Å². The monoisotopic (exact) mass is 580 g/mol. The molecule has 8 nitrogen and oxygen atoms in total. The fourth-order valence-electron chi connectivity index (χ4n) is 3.71. The summed E-state index contributed by atoms with van der Waals surface area (Å²) in [5.74, 6) is -0.784. The summed E-state index contributed by atoms with van der Waals surface area (Å²) in [5.41, 5.74) is 2.54. The molecular formula is C27H31F2N2O6PS. The van der Waals surface area contributed by atoms with Gasteiger partial charge in [0.05, 0.1) is 4.90 Å². The zero-order valence-electron chi connectivity index (χ0n) is 21.3. The fraction of sp³-hybridized carbons (Fsp3) is 0.296. The molecular weight excluding hydrogens is 549 g/mol. The highest BCUT2D eigenvalue weighted by Crippen LogP contribution is 2.48. The van der Waals surface area contributed by atoms with Crippen molar-refractivity contribution in [1.82, 2.24) is 10.0 Å². The SMILES string of the molecule is Cc1ccc(S(=O)(=O)N[C@@H](Cc2ccc(OP(=O)(O)C(F)F)cc2)C(=O)NCCCCc2ccccc2)cc1. The van der Waals surface area contributed by atoms with Crippen LogP contribution in [0.15, 0.2) is 83.8 Å². The molecule has 0 bridgehead atoms. The van der Waals surface area contributed by atoms with Crippen LogP contribution in [-0.2, 0) is 32.2 Å². The van der Waals surface area contributed by atoms with Crippen molar-refractivity contribution in [3.8, 4) is 5.75 Å². The molecule has 0 spiro atoms. The van der Waals surface area contributed by atoms with Crippen molar-refractivity contribution in [3.05, 3.63) is 95.6 Å². The summed E-state index contributed by atoms with van der Waals surface area (Å²) in [6, 6.07) is 20.1. The molecule has 3 aromatic carbocycles. The summed E-state index contributed by atoms with van der Waals surface area (Å²) in [7, 11) is -9.18. The van der Waals surface area contributed by atoms with Crippen LogP contribution in [0.2, 0.25) is 0 Å². The van der Waals surface area contributed by atoms with Crippen molar-refractivity contribution in [2.45, 2.75) is 49.7 Å². The first-order valence-corrected chi connectivity index (χ1v) is 15.4. The van der Waals surface area contributed by atoms with Crippen molar-refractivity contribution in [3.63, 3.8) is 0 Å². The third kappa shape index (κ3) is 9.54. The minimum absolute atomic E-state index is 0.00297. The van der Waals surface area contributed by atoms with Gasteiger partial charge in [0.25, 0.3) is 0 Å². The molecule has 39 heavy (non-hydrogen) atoms. The molecule has 3 N–H and O–H groups in total. The van der Waals surface area contributed by atoms with Crippen LogP contribution in [0.1, 0.15) is 29.5 Å². The standard InChI is InChI=1S/C27H31F2N2O6PS/c1-20-10-16-24(17-11-20)39(35,36)31-25(26(32)30-18-6-5-9-21-7-3-2-4-8-21)19-22-12-14-23(15-13-22)37-38(33,34)27(28)29/h2-4,7-8,10-17,25,27,31H,5-6,9,18-19H2,1H3,(H,30,32)(H,33,34)/t25-/m0/s1. The third-order valence-electron chi connectivity index (χ3n) is 5.83. The molecule has 0 aromatic heterocycles. The Morgan fingerprint density at radius 2 is 1.59 bits per heavy atom. The molecule has 1 amide bonds. The van der Waals surface area contributed by atoms with Crippen molar-refractivity contribution in [2.24, 2.45) is 0 Å². The number of sulfonamides is 1. The van der Waals surface area contributed by atoms with Gasteiger partial charge in [-0.2, -0.15) is 13.5 Å². The molecule has 0 aliphatic rings. The number of halogens is 2. The van der Waals surface area contributed by atoms with Crippen LogP contribution < -0.4 is 14.6 Å². The molecule has 0 aliphatic carbocycles. The van der Waals surface area contributed by atoms with Crippen LogP contribution in [0.5, 0.6) is 5.75 Å². The summed E-state index contributed by atoms with van der Waals surface area (Å²) >= 11 is 0. The predicted octanol–water partition coefficient (Wildman–Crippen LogP) is 4.81. The van der Waals surface area contributed by atoms with E-state index in [-0.39, 0.29) is 17.1 Å². The molecule has 12 heteroatoms. The number of unbranched alkanes of at least 4 members (excludes halogenated alkanes) is 1. The number of benzene rings is 3. The first kappa shape index (κ1) is 30.4. The van der Waals surface area contributed by atoms with Gasteiger partial charge in [-0.3, -0.25) is 4.79 Å². The number of aryl methyl sites for hydroxylation is 2. The summed E-state index contributed by atoms with van der Waals surface area (Å²) in [6.45, 7) is 2.17. The molecule has 0 radical (unpaired) electrons. The first-order chi connectivity index (χ1) is 18.5. The Kier molecular flexibility index (Phi) is 10.8. The van der Waals surface area contributed by atoms with Crippen molar-refractivity contribution in [1.29, 1.82) is 0 Å². The smallest absolute Gasteiger partial charge is 0.421 e. The predicted molar refractivity (Wildman–Crippen MR) is 144 cm³/mol. The Balaban J connectivity index is 1.68. The minimum atomic E-state index is -5.14. The fourth-order valence-corrected chi connectivity index (χ4v) is 5.41. The molecule has 3 aromatic rings. The highest BCUT2D eigenvalue weighted by atomic mass is 32.2. The van der Waals surface area contributed by atoms with Gasteiger partial charge in [0.15, 0.2) is 0 Å². The lowest BCUT2D eigenvalue weighted by atomic mass is 10.1. The number of hydrogen-bond donors (Lipinski definition) is 3. The van der Waals surface area contributed by atoms with Gasteiger partial charge in [-0.05, 0) is 68.0 Å². The molecule has 210 valence electrons. The normalized spacial score (nSPS) is 14.0. The van der Waals surface area contributed by atoms with Gasteiger partial charge >= 0.3 is 13.8 Å². The van der Waals surface area contributed by atoms with Crippen LogP contribution in [0.3, 0.4) is 0 Å². The number of carbonyl (C=O) groups is 1. The van der Waals surface area contributed by atoms with Gasteiger partial charge in [-0.1, -0.05) is 60.2 Å². The number of nitrogens with one attached hydrogen (secondary N) is 2. The lowest BCUT2D eigenvalue weighted by Gasteiger charge is -2.19. The summed E-state index contributed by atoms with van der Waals surface area (Å²) in [6.07, 6.45) is -1.25. The molecule has 0 aliphatic heterocycles. The maximum Gasteiger partial charge on any atom is 0.442 e. The van der Waals surface area contributed by atoms with E-state index >= 15 is 0 Å². The Morgan fingerprint density at radius 3 is 2.21 bits per heavy atom. The molecule has 1 unspecified atom stereocenters. The lowest BCUT2D eigenvalue weighted by molar-refractivity contribution is -0.122. The second kappa shape index (κ2) is 13.8. The van der Waals surface area contributed by atoms with E-state index in [2.05, 4.69) is 14.6 Å². The molecule has 0 fully saturated rings. The highest BCUT2D eigenvalue weighted by Gasteiger charge is 2.34. The quantitative estimate of drug-likeness (QED) is 0.186. The van der Waals surface area contributed by atoms with Crippen molar-refractivity contribution >= 4 is 23.5 Å². The van der Waals surface area contributed by atoms with E-state index in [1.54, 1.807) is 12.1 Å². The molecule has 0 saturated carbocycles. The van der Waals surface area contributed by atoms with Gasteiger partial charge in [-0.25, -0.2) is 13.0 Å². The topological polar surface area (TPSA) is 122 Å². The van der Waals surface area contributed by atoms with E-state index < -0.39 is 35.7 Å². The molecule has 2 atom stereocenters. The van der Waals surface area contributed by atoms with E-state index in [4.69, 9.17) is 0 Å². The van der Waals surface area contributed by atoms with Crippen LogP contribution in [0.4, 0.5) is 8.78 Å². The Morgan fingerprint density at radius 1 is 0.949 bits per heavy atom. The van der Waals surface area contributed by atoms with E-state index in [1.165, 1.54) is 42.0 Å². The molecule has 0 heterocycles. The van der Waals surface area contributed by atoms with Crippen LogP contribution in [-0.4, -0.2) is 38.0 Å². The van der Waals surface area contributed by atoms with Crippen LogP contribution in [0.25, 0.3) is 0 Å². The van der Waals surface area contributed by atoms with Crippen LogP contribution in [0, 0.1) is 6.92 Å². The molecule has 0 saturated heterocycles. The number of carbonyl (C=O) groups excluding carboxylic acids is 1. The zero-order chi connectivity index (χ0) is 28.5. The summed E-state index contributed by atoms with van der Waals surface area (Å²) in [4.78, 5) is 22.3. The second-order valence-corrected chi connectivity index (χ2v) is 12.4. The third-order valence-corrected chi connectivity index (χ3v) is 8.28. The average molecular weight is 581 g/mol. The zero-order valence-corrected chi connectivity index (χ0v) is 23.0. The lowest BCUT2D eigenvalue weighted by Crippen LogP contribution is -2.48. The number of rotatable bonds is 14. The minimum Gasteiger partial charge on any atom is -0.421 e. The van der Waals surface area contributed by atoms with Gasteiger partial charge in [-0.15, -0.1) is 0 Å². The average Bonchev–Trinajstić information content (AvgIpc) is 2.89. The molecule has 3 rings (SSSR count). The maximum absolute atomic E-state index is 13.1. The largest absolute Gasteiger partial charge is 0.442 e. The van der Waals surface area contributed by atoms with Crippen LogP contribution >= 0.6 is 7.60 Å². The Labute approximate surface area is 227 Å². The first-order valence-electron chi connectivity index (χ1n) is 12.3. The van der Waals surface area contributed by atoms with E-state index in [1.807, 2.05) is 37.3 Å². The number of hydrogen-bond acceptors (Lipinski definition) is 5. The van der Waals surface area contributed by atoms with Crippen molar-refractivity contribution in [2.75, 3.05) is 6.54 Å². The van der Waals surface area contributed by atoms with Gasteiger partial charge in [0, 0.05) is 6.54 Å². The number of amides is 1. The van der Waals surface area contributed by atoms with Crippen molar-refractivity contribution < 1.29 is 36.0 Å². The summed E-state index contributed by atoms with van der Waals surface area (Å²) in [5, 5.41) is 2.78. The second-order valence-electron chi connectivity index (χ2n) is 9.00. The van der Waals surface area contributed by atoms with Gasteiger partial charge in [0.2, 0.25) is 15.9 Å². The highest BCUT2D eigenvalue weighted by molar-refractivity contribution is 7.89. The van der Waals surface area contributed by atoms with E-state index in [0.29, 0.717) is 18.5 Å². The van der Waals surface area contributed by atoms with Gasteiger partial charge in [0.1, 0.15) is 11.8 Å².